The van der Waals surface area contributed by atoms with Gasteiger partial charge in [-0.2, -0.15) is 0 Å². The van der Waals surface area contributed by atoms with E-state index in [2.05, 4.69) is 282 Å². The lowest BCUT2D eigenvalue weighted by Crippen LogP contribution is -2.48. The van der Waals surface area contributed by atoms with Crippen molar-refractivity contribution < 1.29 is 0 Å². The van der Waals surface area contributed by atoms with Gasteiger partial charge in [-0.25, -0.2) is 0 Å². The molecular formula is C66H53B7N2S. The summed E-state index contributed by atoms with van der Waals surface area (Å²) >= 11 is 0. The second kappa shape index (κ2) is 18.9. The van der Waals surface area contributed by atoms with E-state index >= 15 is 0 Å². The van der Waals surface area contributed by atoms with Crippen molar-refractivity contribution in [3.05, 3.63) is 230 Å². The third-order valence-electron chi connectivity index (χ3n) is 16.9. The molecule has 0 amide bonds. The zero-order chi connectivity index (χ0) is 51.8. The zero-order valence-electron chi connectivity index (χ0n) is 44.4. The molecule has 76 heavy (non-hydrogen) atoms. The largest absolute Gasteiger partial charge is 0.312 e. The average Bonchev–Trinajstić information content (AvgIpc) is 4.21. The standard InChI is InChI=1S/C66H53B7N2S/c67-57-54(42-25-11-3-12-26-42)65-55(58(68)60(57)70)56-59(69)61(71)62(72)63(73)66(56)74(65)43-35-36-53-51(37-43)48-33-19-20-34-52(48)75(53)64-49(40-21-7-1-8-22-40)38-47(39-50(64)41-23-9-2-10-24-41)76(44-27-13-4-14-28-44,45-29-15-5-16-30-45)46-31-17-6-18-32-46/h1-9,11-19,21-23,25-33,35-39H,20,34,67-73H2. The van der Waals surface area contributed by atoms with Crippen LogP contribution in [0.4, 0.5) is 0 Å². The van der Waals surface area contributed by atoms with Crippen molar-refractivity contribution in [1.82, 2.24) is 9.13 Å². The summed E-state index contributed by atoms with van der Waals surface area (Å²) in [5.41, 5.74) is 25.2. The van der Waals surface area contributed by atoms with Crippen LogP contribution in [0, 0.1) is 12.1 Å². The highest BCUT2D eigenvalue weighted by Crippen LogP contribution is 2.74. The average molecular weight is 982 g/mol. The van der Waals surface area contributed by atoms with E-state index in [0.717, 1.165) is 35.2 Å². The zero-order valence-corrected chi connectivity index (χ0v) is 45.2. The van der Waals surface area contributed by atoms with Crippen LogP contribution in [-0.4, -0.2) is 64.1 Å². The Bertz CT molecular complexity index is 4120. The lowest BCUT2D eigenvalue weighted by molar-refractivity contribution is 0.889. The van der Waals surface area contributed by atoms with Gasteiger partial charge in [-0.05, 0) is 114 Å². The Hall–Kier alpha value is -8.10. The molecule has 0 bridgehead atoms. The van der Waals surface area contributed by atoms with Crippen LogP contribution in [0.25, 0.3) is 83.5 Å². The molecule has 0 atom stereocenters. The molecule has 0 unspecified atom stereocenters. The molecule has 10 heteroatoms. The predicted molar refractivity (Wildman–Crippen MR) is 346 cm³/mol. The Morgan fingerprint density at radius 1 is 0.447 bits per heavy atom. The minimum atomic E-state index is -2.08. The van der Waals surface area contributed by atoms with Crippen molar-refractivity contribution in [3.63, 3.8) is 0 Å². The van der Waals surface area contributed by atoms with Crippen LogP contribution in [0.3, 0.4) is 0 Å². The molecule has 0 aliphatic heterocycles. The number of hydrogen-bond donors (Lipinski definition) is 0. The fraction of sp³-hybridized carbons (Fsp3) is 0.0303. The molecule has 2 aromatic heterocycles. The van der Waals surface area contributed by atoms with Gasteiger partial charge in [-0.15, -0.1) is 15.5 Å². The minimum Gasteiger partial charge on any atom is -0.312 e. The first-order valence-corrected chi connectivity index (χ1v) is 28.4. The molecule has 1 aliphatic rings. The van der Waals surface area contributed by atoms with E-state index in [1.165, 1.54) is 124 Å². The van der Waals surface area contributed by atoms with Gasteiger partial charge in [0, 0.05) is 69.5 Å². The summed E-state index contributed by atoms with van der Waals surface area (Å²) in [6.07, 6.45) is 6.64. The van der Waals surface area contributed by atoms with Gasteiger partial charge in [0.25, 0.3) is 0 Å². The predicted octanol–water partition coefficient (Wildman–Crippen LogP) is 5.44. The van der Waals surface area contributed by atoms with E-state index in [4.69, 9.17) is 0 Å². The lowest BCUT2D eigenvalue weighted by atomic mass is 9.64. The van der Waals surface area contributed by atoms with Crippen molar-refractivity contribution in [2.24, 2.45) is 0 Å². The van der Waals surface area contributed by atoms with E-state index in [-0.39, 0.29) is 0 Å². The highest BCUT2D eigenvalue weighted by molar-refractivity contribution is 8.34. The molecule has 2 heterocycles. The number of aromatic nitrogens is 2. The van der Waals surface area contributed by atoms with Crippen LogP contribution in [0.1, 0.15) is 17.7 Å². The van der Waals surface area contributed by atoms with Gasteiger partial charge in [0.1, 0.15) is 54.9 Å². The third-order valence-corrected chi connectivity index (χ3v) is 20.8. The molecule has 2 nitrogen and oxygen atoms in total. The van der Waals surface area contributed by atoms with Gasteiger partial charge < -0.3 is 9.13 Å². The first-order chi connectivity index (χ1) is 37.2. The van der Waals surface area contributed by atoms with Gasteiger partial charge in [-0.3, -0.25) is 0 Å². The molecular weight excluding hydrogens is 928 g/mol. The molecule has 0 radical (unpaired) electrons. The first kappa shape index (κ1) is 47.6. The fourth-order valence-corrected chi connectivity index (χ4v) is 16.7. The quantitative estimate of drug-likeness (QED) is 0.171. The molecule has 0 saturated carbocycles. The van der Waals surface area contributed by atoms with Gasteiger partial charge in [0.15, 0.2) is 0 Å². The summed E-state index contributed by atoms with van der Waals surface area (Å²) in [5.74, 6) is 0. The number of rotatable bonds is 9. The number of fused-ring (bicyclic) bond motifs is 6. The summed E-state index contributed by atoms with van der Waals surface area (Å²) in [6.45, 7) is 0. The van der Waals surface area contributed by atoms with E-state index in [0.29, 0.717) is 0 Å². The van der Waals surface area contributed by atoms with Crippen molar-refractivity contribution in [2.45, 2.75) is 32.4 Å². The van der Waals surface area contributed by atoms with E-state index in [1.54, 1.807) is 0 Å². The first-order valence-electron chi connectivity index (χ1n) is 26.7. The maximum atomic E-state index is 3.66. The van der Waals surface area contributed by atoms with Crippen LogP contribution < -0.4 is 38.2 Å². The number of allylic oxidation sites excluding steroid dienone is 1. The number of hydrogen-bond acceptors (Lipinski definition) is 0. The molecule has 0 spiro atoms. The van der Waals surface area contributed by atoms with Gasteiger partial charge in [0.05, 0.1) is 16.7 Å². The summed E-state index contributed by atoms with van der Waals surface area (Å²) in [6, 6.07) is 81.6. The molecule has 12 aromatic rings. The van der Waals surface area contributed by atoms with Crippen LogP contribution >= 0.6 is 10.0 Å². The topological polar surface area (TPSA) is 9.86 Å². The highest BCUT2D eigenvalue weighted by Gasteiger charge is 2.36. The maximum absolute atomic E-state index is 3.66. The van der Waals surface area contributed by atoms with E-state index in [9.17, 15) is 0 Å². The van der Waals surface area contributed by atoms with Gasteiger partial charge in [-0.1, -0.05) is 178 Å². The SMILES string of the molecule is Bc1c(B)c(B)c2c(c1B)c1c(B)c(B)c(B)c(-c3ccccc3)c1n2-c1ccc2c(c1)c1c(n2-c2c(-c3c#cccc3)cc(S(c3ccccc3)(c3ccccc3)c3ccccc3)cc2-c2ccccc2)CCC=C1. The van der Waals surface area contributed by atoms with E-state index in [1.807, 2.05) is 6.07 Å². The third kappa shape index (κ3) is 7.23. The van der Waals surface area contributed by atoms with E-state index < -0.39 is 10.0 Å². The Morgan fingerprint density at radius 3 is 1.58 bits per heavy atom. The molecule has 0 fully saturated rings. The number of nitrogens with zero attached hydrogens (tertiary/aromatic N) is 2. The molecule has 13 rings (SSSR count). The fourth-order valence-electron chi connectivity index (χ4n) is 12.7. The minimum absolute atomic E-state index is 0.908. The number of benzene rings is 9. The second-order valence-corrected chi connectivity index (χ2v) is 23.8. The normalized spacial score (nSPS) is 12.5. The van der Waals surface area contributed by atoms with Crippen LogP contribution in [-0.2, 0) is 6.42 Å². The molecule has 354 valence electrons. The summed E-state index contributed by atoms with van der Waals surface area (Å²) in [4.78, 5) is 5.11. The van der Waals surface area contributed by atoms with Crippen LogP contribution in [0.2, 0.25) is 0 Å². The van der Waals surface area contributed by atoms with Crippen LogP contribution in [0.15, 0.2) is 226 Å². The van der Waals surface area contributed by atoms with Crippen molar-refractivity contribution in [2.75, 3.05) is 0 Å². The van der Waals surface area contributed by atoms with Gasteiger partial charge in [0.2, 0.25) is 0 Å². The van der Waals surface area contributed by atoms with Crippen molar-refractivity contribution >= 4 is 142 Å². The highest BCUT2D eigenvalue weighted by atomic mass is 32.3. The maximum Gasteiger partial charge on any atom is 0.141 e. The Balaban J connectivity index is 1.17. The Labute approximate surface area is 455 Å². The van der Waals surface area contributed by atoms with Crippen molar-refractivity contribution in [3.8, 4) is 44.8 Å². The lowest BCUT2D eigenvalue weighted by Gasteiger charge is -2.42. The Morgan fingerprint density at radius 2 is 0.987 bits per heavy atom. The molecule has 1 aliphatic carbocycles. The Kier molecular flexibility index (Phi) is 11.9. The monoisotopic (exact) mass is 982 g/mol. The van der Waals surface area contributed by atoms with Crippen molar-refractivity contribution in [1.29, 1.82) is 0 Å². The molecule has 0 saturated heterocycles. The second-order valence-electron chi connectivity index (χ2n) is 20.7. The summed E-state index contributed by atoms with van der Waals surface area (Å²) in [7, 11) is 14.2. The summed E-state index contributed by atoms with van der Waals surface area (Å²) < 4.78 is 5.27. The van der Waals surface area contributed by atoms with Crippen LogP contribution in [0.5, 0.6) is 0 Å². The molecule has 0 N–H and O–H groups in total. The van der Waals surface area contributed by atoms with Gasteiger partial charge >= 0.3 is 0 Å². The smallest absolute Gasteiger partial charge is 0.141 e. The molecule has 10 aromatic carbocycles. The summed E-state index contributed by atoms with van der Waals surface area (Å²) in [5, 5.41) is 3.96.